The molecule has 0 bridgehead atoms. The summed E-state index contributed by atoms with van der Waals surface area (Å²) in [5.74, 6) is 0.408. The molecule has 0 aliphatic rings. The van der Waals surface area contributed by atoms with E-state index in [4.69, 9.17) is 0 Å². The van der Waals surface area contributed by atoms with Gasteiger partial charge in [0.2, 0.25) is 0 Å². The number of imidazole rings is 1. The molecule has 3 aromatic rings. The van der Waals surface area contributed by atoms with Crippen molar-refractivity contribution < 1.29 is 4.39 Å². The van der Waals surface area contributed by atoms with Gasteiger partial charge in [-0.25, -0.2) is 9.37 Å². The zero-order valence-electron chi connectivity index (χ0n) is 9.05. The van der Waals surface area contributed by atoms with Crippen LogP contribution < -0.4 is 0 Å². The van der Waals surface area contributed by atoms with E-state index in [1.165, 1.54) is 6.07 Å². The van der Waals surface area contributed by atoms with Gasteiger partial charge < -0.3 is 4.98 Å². The van der Waals surface area contributed by atoms with Crippen LogP contribution in [0.4, 0.5) is 4.39 Å². The summed E-state index contributed by atoms with van der Waals surface area (Å²) in [7, 11) is 0. The molecule has 90 valence electrons. The first kappa shape index (κ1) is 11.9. The third-order valence-electron chi connectivity index (χ3n) is 2.65. The average Bonchev–Trinajstić information content (AvgIpc) is 2.77. The van der Waals surface area contributed by atoms with Crippen LogP contribution in [0.3, 0.4) is 0 Å². The zero-order chi connectivity index (χ0) is 12.7. The number of para-hydroxylation sites is 2. The molecule has 18 heavy (non-hydrogen) atoms. The van der Waals surface area contributed by atoms with Crippen LogP contribution in [-0.2, 0) is 0 Å². The minimum Gasteiger partial charge on any atom is -0.338 e. The summed E-state index contributed by atoms with van der Waals surface area (Å²) in [6.45, 7) is 0. The van der Waals surface area contributed by atoms with Crippen molar-refractivity contribution in [2.45, 2.75) is 0 Å². The van der Waals surface area contributed by atoms with Gasteiger partial charge in [0, 0.05) is 10.0 Å². The summed E-state index contributed by atoms with van der Waals surface area (Å²) in [4.78, 5) is 7.70. The first-order valence-corrected chi connectivity index (χ1v) is 6.83. The number of halogens is 3. The highest BCUT2D eigenvalue weighted by atomic mass is 79.9. The predicted molar refractivity (Wildman–Crippen MR) is 76.9 cm³/mol. The highest BCUT2D eigenvalue weighted by Gasteiger charge is 2.11. The van der Waals surface area contributed by atoms with Crippen LogP contribution in [0.1, 0.15) is 0 Å². The summed E-state index contributed by atoms with van der Waals surface area (Å²) in [6.07, 6.45) is 0. The van der Waals surface area contributed by atoms with Crippen LogP contribution in [0.5, 0.6) is 0 Å². The lowest BCUT2D eigenvalue weighted by molar-refractivity contribution is 0.620. The highest BCUT2D eigenvalue weighted by molar-refractivity contribution is 9.11. The van der Waals surface area contributed by atoms with Gasteiger partial charge >= 0.3 is 0 Å². The molecule has 0 radical (unpaired) electrons. The van der Waals surface area contributed by atoms with Crippen molar-refractivity contribution in [3.05, 3.63) is 51.2 Å². The smallest absolute Gasteiger partial charge is 0.139 e. The lowest BCUT2D eigenvalue weighted by atomic mass is 10.2. The van der Waals surface area contributed by atoms with E-state index in [0.717, 1.165) is 16.6 Å². The van der Waals surface area contributed by atoms with E-state index in [2.05, 4.69) is 41.8 Å². The monoisotopic (exact) mass is 368 g/mol. The van der Waals surface area contributed by atoms with E-state index in [1.807, 2.05) is 24.3 Å². The van der Waals surface area contributed by atoms with Gasteiger partial charge in [0.25, 0.3) is 0 Å². The van der Waals surface area contributed by atoms with Crippen molar-refractivity contribution in [2.75, 3.05) is 0 Å². The molecule has 0 spiro atoms. The van der Waals surface area contributed by atoms with Crippen LogP contribution in [0, 0.1) is 5.82 Å². The Morgan fingerprint density at radius 3 is 2.61 bits per heavy atom. The summed E-state index contributed by atoms with van der Waals surface area (Å²) in [5, 5.41) is 0. The predicted octanol–water partition coefficient (Wildman–Crippen LogP) is 4.89. The molecule has 0 fully saturated rings. The lowest BCUT2D eigenvalue weighted by Gasteiger charge is -2.02. The van der Waals surface area contributed by atoms with Gasteiger partial charge in [-0.2, -0.15) is 0 Å². The van der Waals surface area contributed by atoms with Gasteiger partial charge in [-0.15, -0.1) is 0 Å². The van der Waals surface area contributed by atoms with E-state index in [0.29, 0.717) is 14.8 Å². The Morgan fingerprint density at radius 1 is 1.06 bits per heavy atom. The molecular formula is C13H7Br2FN2. The van der Waals surface area contributed by atoms with Gasteiger partial charge in [-0.05, 0) is 56.1 Å². The van der Waals surface area contributed by atoms with Gasteiger partial charge in [-0.1, -0.05) is 12.1 Å². The molecule has 3 rings (SSSR count). The number of H-pyrrole nitrogens is 1. The maximum Gasteiger partial charge on any atom is 0.139 e. The molecule has 0 saturated heterocycles. The highest BCUT2D eigenvalue weighted by Crippen LogP contribution is 2.32. The Hall–Kier alpha value is -1.20. The van der Waals surface area contributed by atoms with Gasteiger partial charge in [0.05, 0.1) is 15.5 Å². The van der Waals surface area contributed by atoms with Crippen molar-refractivity contribution in [1.29, 1.82) is 0 Å². The second-order valence-electron chi connectivity index (χ2n) is 3.85. The molecule has 0 aliphatic heterocycles. The number of nitrogens with zero attached hydrogens (tertiary/aromatic N) is 1. The Labute approximate surface area is 119 Å². The molecule has 2 aromatic carbocycles. The molecular weight excluding hydrogens is 363 g/mol. The largest absolute Gasteiger partial charge is 0.338 e. The number of hydrogen-bond acceptors (Lipinski definition) is 1. The lowest BCUT2D eigenvalue weighted by Crippen LogP contribution is -1.86. The standard InChI is InChI=1S/C13H7Br2FN2/c14-8-6-10(16)9(15)5-7(8)13-17-11-3-1-2-4-12(11)18-13/h1-6H,(H,17,18). The molecule has 0 saturated carbocycles. The Morgan fingerprint density at radius 2 is 1.83 bits per heavy atom. The molecule has 2 nitrogen and oxygen atoms in total. The van der Waals surface area contributed by atoms with Crippen LogP contribution in [0.25, 0.3) is 22.4 Å². The second-order valence-corrected chi connectivity index (χ2v) is 5.56. The molecule has 0 unspecified atom stereocenters. The zero-order valence-corrected chi connectivity index (χ0v) is 12.2. The van der Waals surface area contributed by atoms with E-state index in [1.54, 1.807) is 6.07 Å². The number of fused-ring (bicyclic) bond motifs is 1. The first-order valence-electron chi connectivity index (χ1n) is 5.25. The average molecular weight is 370 g/mol. The van der Waals surface area contributed by atoms with Crippen LogP contribution >= 0.6 is 31.9 Å². The molecule has 1 aromatic heterocycles. The minimum atomic E-state index is -0.304. The van der Waals surface area contributed by atoms with Crippen molar-refractivity contribution in [1.82, 2.24) is 9.97 Å². The minimum absolute atomic E-state index is 0.304. The second kappa shape index (κ2) is 4.48. The van der Waals surface area contributed by atoms with Crippen molar-refractivity contribution in [3.63, 3.8) is 0 Å². The van der Waals surface area contributed by atoms with Gasteiger partial charge in [-0.3, -0.25) is 0 Å². The molecule has 5 heteroatoms. The molecule has 0 aliphatic carbocycles. The number of hydrogen-bond donors (Lipinski definition) is 1. The third-order valence-corrected chi connectivity index (χ3v) is 3.92. The fraction of sp³-hybridized carbons (Fsp3) is 0. The summed E-state index contributed by atoms with van der Waals surface area (Å²) in [6, 6.07) is 10.9. The molecule has 0 amide bonds. The van der Waals surface area contributed by atoms with E-state index < -0.39 is 0 Å². The van der Waals surface area contributed by atoms with Crippen molar-refractivity contribution in [2.24, 2.45) is 0 Å². The molecule has 1 heterocycles. The van der Waals surface area contributed by atoms with Gasteiger partial charge in [0.1, 0.15) is 11.6 Å². The topological polar surface area (TPSA) is 28.7 Å². The van der Waals surface area contributed by atoms with Crippen LogP contribution in [-0.4, -0.2) is 9.97 Å². The fourth-order valence-corrected chi connectivity index (χ4v) is 2.63. The van der Waals surface area contributed by atoms with Crippen LogP contribution in [0.2, 0.25) is 0 Å². The Balaban J connectivity index is 2.22. The third kappa shape index (κ3) is 1.97. The summed E-state index contributed by atoms with van der Waals surface area (Å²) >= 11 is 6.54. The van der Waals surface area contributed by atoms with E-state index in [9.17, 15) is 4.39 Å². The number of benzene rings is 2. The Kier molecular flexibility index (Phi) is 2.95. The van der Waals surface area contributed by atoms with Gasteiger partial charge in [0.15, 0.2) is 0 Å². The van der Waals surface area contributed by atoms with E-state index >= 15 is 0 Å². The SMILES string of the molecule is Fc1cc(Br)c(-c2nc3ccccc3[nH]2)cc1Br. The number of nitrogens with one attached hydrogen (secondary N) is 1. The maximum atomic E-state index is 13.4. The summed E-state index contributed by atoms with van der Waals surface area (Å²) < 4.78 is 14.5. The van der Waals surface area contributed by atoms with Crippen LogP contribution in [0.15, 0.2) is 45.3 Å². The molecule has 0 atom stereocenters. The normalized spacial score (nSPS) is 11.1. The number of aromatic amines is 1. The van der Waals surface area contributed by atoms with E-state index in [-0.39, 0.29) is 5.82 Å². The first-order chi connectivity index (χ1) is 8.65. The maximum absolute atomic E-state index is 13.4. The number of rotatable bonds is 1. The Bertz CT molecular complexity index is 704. The number of aromatic nitrogens is 2. The van der Waals surface area contributed by atoms with Crippen molar-refractivity contribution >= 4 is 42.9 Å². The summed E-state index contributed by atoms with van der Waals surface area (Å²) in [5.41, 5.74) is 2.67. The molecule has 1 N–H and O–H groups in total. The fourth-order valence-electron chi connectivity index (χ4n) is 1.78. The van der Waals surface area contributed by atoms with Crippen molar-refractivity contribution in [3.8, 4) is 11.4 Å². The quantitative estimate of drug-likeness (QED) is 0.607.